The predicted molar refractivity (Wildman–Crippen MR) is 112 cm³/mol. The van der Waals surface area contributed by atoms with Crippen molar-refractivity contribution in [1.29, 1.82) is 0 Å². The fourth-order valence-corrected chi connectivity index (χ4v) is 7.94. The van der Waals surface area contributed by atoms with E-state index in [0.717, 1.165) is 44.5 Å². The third-order valence-electron chi connectivity index (χ3n) is 9.75. The van der Waals surface area contributed by atoms with E-state index in [1.165, 1.54) is 32.1 Å². The lowest BCUT2D eigenvalue weighted by molar-refractivity contribution is -0.134. The van der Waals surface area contributed by atoms with Gasteiger partial charge in [0.1, 0.15) is 11.7 Å². The monoisotopic (exact) mass is 403 g/mol. The molecule has 162 valence electrons. The molecule has 29 heavy (non-hydrogen) atoms. The number of hydrogen-bond donors (Lipinski definition) is 3. The van der Waals surface area contributed by atoms with Crippen molar-refractivity contribution >= 4 is 11.4 Å². The fraction of sp³-hybridized carbons (Fsp3) is 0.913. The quantitative estimate of drug-likeness (QED) is 0.485. The van der Waals surface area contributed by atoms with Gasteiger partial charge in [-0.1, -0.05) is 30.6 Å². The summed E-state index contributed by atoms with van der Waals surface area (Å²) >= 11 is 0. The summed E-state index contributed by atoms with van der Waals surface area (Å²) in [6, 6.07) is 0. The van der Waals surface area contributed by atoms with E-state index in [9.17, 15) is 10.3 Å². The summed E-state index contributed by atoms with van der Waals surface area (Å²) in [5, 5.41) is 33.4. The van der Waals surface area contributed by atoms with Crippen molar-refractivity contribution in [3.05, 3.63) is 0 Å². The van der Waals surface area contributed by atoms with E-state index in [-0.39, 0.29) is 11.5 Å². The summed E-state index contributed by atoms with van der Waals surface area (Å²) < 4.78 is 0. The van der Waals surface area contributed by atoms with Crippen molar-refractivity contribution in [3.63, 3.8) is 0 Å². The summed E-state index contributed by atoms with van der Waals surface area (Å²) in [7, 11) is 0. The Morgan fingerprint density at radius 2 is 1.97 bits per heavy atom. The average Bonchev–Trinajstić information content (AvgIpc) is 3.35. The minimum absolute atomic E-state index is 0.130. The van der Waals surface area contributed by atoms with Crippen LogP contribution in [0.4, 0.5) is 0 Å². The van der Waals surface area contributed by atoms with E-state index in [4.69, 9.17) is 4.84 Å². The maximum Gasteiger partial charge on any atom is 0.141 e. The fourth-order valence-electron chi connectivity index (χ4n) is 7.94. The van der Waals surface area contributed by atoms with Crippen LogP contribution in [0.1, 0.15) is 78.1 Å². The molecule has 0 unspecified atom stereocenters. The Bertz CT molecular complexity index is 718. The number of nitrogens with one attached hydrogen (secondary N) is 1. The molecule has 0 bridgehead atoms. The van der Waals surface area contributed by atoms with E-state index < -0.39 is 5.60 Å². The van der Waals surface area contributed by atoms with Gasteiger partial charge >= 0.3 is 0 Å². The molecule has 4 aliphatic carbocycles. The van der Waals surface area contributed by atoms with Gasteiger partial charge in [-0.05, 0) is 74.7 Å². The highest BCUT2D eigenvalue weighted by atomic mass is 16.6. The predicted octanol–water partition coefficient (Wildman–Crippen LogP) is 3.71. The highest BCUT2D eigenvalue weighted by Gasteiger charge is 2.65. The summed E-state index contributed by atoms with van der Waals surface area (Å²) in [4.78, 5) is 5.76. The number of hydrogen-bond acceptors (Lipinski definition) is 6. The van der Waals surface area contributed by atoms with Crippen LogP contribution in [0.2, 0.25) is 0 Å². The number of fused-ring (bicyclic) bond motifs is 5. The van der Waals surface area contributed by atoms with Crippen LogP contribution in [0.25, 0.3) is 0 Å². The van der Waals surface area contributed by atoms with Gasteiger partial charge in [0.25, 0.3) is 0 Å². The molecular weight excluding hydrogens is 366 g/mol. The molecule has 0 aromatic rings. The first kappa shape index (κ1) is 19.8. The SMILES string of the molecule is C[C@@]12CCC[C@H]1[C@@H]1C/C(=N\O)[C@@]3(O)C/C(=N/O[C@H]4CCNC4)CC[C@]3(C)[C@H]1CC2. The average molecular weight is 404 g/mol. The molecule has 3 N–H and O–H groups in total. The molecule has 1 saturated heterocycles. The zero-order valence-corrected chi connectivity index (χ0v) is 18.0. The van der Waals surface area contributed by atoms with Crippen molar-refractivity contribution in [2.75, 3.05) is 13.1 Å². The van der Waals surface area contributed by atoms with E-state index in [0.29, 0.717) is 35.3 Å². The maximum atomic E-state index is 12.0. The standard InChI is InChI=1S/C23H37N3O3/c1-21-8-3-4-18(21)17-12-20(25-28)23(27)13-15(26-29-16-7-11-24-14-16)5-10-22(23,2)19(17)6-9-21/h16-19,24,27-28H,3-14H2,1-2H3/b25-20+,26-15+/t16-,17-,18-,19-,21-,22+,23-/m0/s1. The Balaban J connectivity index is 1.42. The van der Waals surface area contributed by atoms with Gasteiger partial charge in [-0.25, -0.2) is 0 Å². The lowest BCUT2D eigenvalue weighted by Crippen LogP contribution is -2.66. The lowest BCUT2D eigenvalue weighted by atomic mass is 9.43. The number of rotatable bonds is 2. The second-order valence-electron chi connectivity index (χ2n) is 11.0. The maximum absolute atomic E-state index is 12.0. The molecule has 4 saturated carbocycles. The van der Waals surface area contributed by atoms with Gasteiger partial charge in [0.05, 0.1) is 11.4 Å². The minimum atomic E-state index is -1.11. The number of nitrogens with zero attached hydrogens (tertiary/aromatic N) is 2. The Morgan fingerprint density at radius 3 is 2.72 bits per heavy atom. The van der Waals surface area contributed by atoms with E-state index in [1.54, 1.807) is 0 Å². The van der Waals surface area contributed by atoms with Crippen LogP contribution in [0.3, 0.4) is 0 Å². The largest absolute Gasteiger partial charge is 0.411 e. The smallest absolute Gasteiger partial charge is 0.141 e. The van der Waals surface area contributed by atoms with Crippen molar-refractivity contribution in [2.45, 2.75) is 89.8 Å². The topological polar surface area (TPSA) is 86.4 Å². The molecule has 0 spiro atoms. The molecule has 1 aliphatic heterocycles. The minimum Gasteiger partial charge on any atom is -0.411 e. The number of oxime groups is 2. The molecule has 7 atom stereocenters. The Hall–Kier alpha value is -1.14. The highest BCUT2D eigenvalue weighted by molar-refractivity contribution is 6.00. The van der Waals surface area contributed by atoms with Crippen LogP contribution in [-0.4, -0.2) is 46.5 Å². The van der Waals surface area contributed by atoms with Gasteiger partial charge in [-0.2, -0.15) is 0 Å². The van der Waals surface area contributed by atoms with Gasteiger partial charge in [0.2, 0.25) is 0 Å². The van der Waals surface area contributed by atoms with Crippen LogP contribution in [0.15, 0.2) is 10.3 Å². The third-order valence-corrected chi connectivity index (χ3v) is 9.75. The zero-order valence-electron chi connectivity index (χ0n) is 18.0. The molecular formula is C23H37N3O3. The Kier molecular flexibility index (Phi) is 4.74. The van der Waals surface area contributed by atoms with Crippen LogP contribution in [-0.2, 0) is 4.84 Å². The second kappa shape index (κ2) is 6.94. The van der Waals surface area contributed by atoms with Gasteiger partial charge in [0, 0.05) is 24.8 Å². The molecule has 0 aromatic heterocycles. The first-order valence-corrected chi connectivity index (χ1v) is 11.8. The Morgan fingerprint density at radius 1 is 1.10 bits per heavy atom. The molecule has 5 aliphatic rings. The van der Waals surface area contributed by atoms with Crippen molar-refractivity contribution < 1.29 is 15.2 Å². The van der Waals surface area contributed by atoms with Crippen molar-refractivity contribution in [3.8, 4) is 0 Å². The molecule has 6 heteroatoms. The molecule has 0 aromatic carbocycles. The van der Waals surface area contributed by atoms with Gasteiger partial charge in [-0.15, -0.1) is 0 Å². The highest BCUT2D eigenvalue weighted by Crippen LogP contribution is 2.66. The second-order valence-corrected chi connectivity index (χ2v) is 11.0. The molecule has 1 heterocycles. The van der Waals surface area contributed by atoms with Crippen LogP contribution in [0, 0.1) is 28.6 Å². The van der Waals surface area contributed by atoms with Gasteiger partial charge < -0.3 is 20.5 Å². The van der Waals surface area contributed by atoms with Crippen LogP contribution in [0.5, 0.6) is 0 Å². The van der Waals surface area contributed by atoms with Crippen LogP contribution < -0.4 is 5.32 Å². The summed E-state index contributed by atoms with van der Waals surface area (Å²) in [5.41, 5.74) is 0.585. The van der Waals surface area contributed by atoms with Gasteiger partial charge in [-0.3, -0.25) is 0 Å². The molecule has 6 nitrogen and oxygen atoms in total. The third kappa shape index (κ3) is 2.88. The van der Waals surface area contributed by atoms with E-state index >= 15 is 0 Å². The lowest BCUT2D eigenvalue weighted by Gasteiger charge is -2.62. The molecule has 5 fully saturated rings. The summed E-state index contributed by atoms with van der Waals surface area (Å²) in [5.74, 6) is 1.73. The van der Waals surface area contributed by atoms with E-state index in [1.807, 2.05) is 0 Å². The van der Waals surface area contributed by atoms with Crippen LogP contribution >= 0.6 is 0 Å². The molecule has 0 amide bonds. The molecule has 0 radical (unpaired) electrons. The zero-order chi connectivity index (χ0) is 20.3. The van der Waals surface area contributed by atoms with Crippen molar-refractivity contribution in [2.24, 2.45) is 38.9 Å². The first-order valence-electron chi connectivity index (χ1n) is 11.8. The Labute approximate surface area is 174 Å². The first-order chi connectivity index (χ1) is 13.9. The normalized spacial score (nSPS) is 52.2. The van der Waals surface area contributed by atoms with Crippen molar-refractivity contribution in [1.82, 2.24) is 5.32 Å². The molecule has 5 rings (SSSR count). The van der Waals surface area contributed by atoms with Gasteiger partial charge in [0.15, 0.2) is 0 Å². The summed E-state index contributed by atoms with van der Waals surface area (Å²) in [6.07, 6.45) is 10.4. The number of aliphatic hydroxyl groups is 1. The summed E-state index contributed by atoms with van der Waals surface area (Å²) in [6.45, 7) is 6.54. The van der Waals surface area contributed by atoms with E-state index in [2.05, 4.69) is 29.5 Å².